The zero-order chi connectivity index (χ0) is 40.4. The van der Waals surface area contributed by atoms with Crippen molar-refractivity contribution in [3.63, 3.8) is 0 Å². The first-order valence-electron chi connectivity index (χ1n) is 20.3. The number of phosphoric acid groups is 1. The minimum atomic E-state index is -4.68. The Bertz CT molecular complexity index is 1640. The van der Waals surface area contributed by atoms with Gasteiger partial charge in [-0.1, -0.05) is 133 Å². The Labute approximate surface area is 342 Å². The summed E-state index contributed by atoms with van der Waals surface area (Å²) in [6, 6.07) is 8.38. The summed E-state index contributed by atoms with van der Waals surface area (Å²) >= 11 is 12.4. The maximum Gasteiger partial charge on any atom is 0.472 e. The molecule has 0 spiro atoms. The summed E-state index contributed by atoms with van der Waals surface area (Å²) in [7, 11) is -4.68. The predicted molar refractivity (Wildman–Crippen MR) is 219 cm³/mol. The van der Waals surface area contributed by atoms with E-state index in [1.54, 1.807) is 37.3 Å². The van der Waals surface area contributed by atoms with Gasteiger partial charge in [0.25, 0.3) is 0 Å². The van der Waals surface area contributed by atoms with Crippen LogP contribution in [-0.2, 0) is 40.0 Å². The van der Waals surface area contributed by atoms with E-state index in [0.29, 0.717) is 33.4 Å². The quantitative estimate of drug-likeness (QED) is 0.0386. The van der Waals surface area contributed by atoms with Crippen LogP contribution in [0.2, 0.25) is 10.0 Å². The molecule has 0 amide bonds. The Morgan fingerprint density at radius 3 is 2.16 bits per heavy atom. The first-order chi connectivity index (χ1) is 26.9. The molecule has 4 rings (SSSR count). The molecule has 56 heavy (non-hydrogen) atoms. The molecule has 1 aliphatic rings. The number of hydrogen-bond donors (Lipinski definition) is 4. The molecule has 13 nitrogen and oxygen atoms in total. The molecule has 1 aliphatic heterocycles. The van der Waals surface area contributed by atoms with Crippen molar-refractivity contribution in [2.75, 3.05) is 32.2 Å². The van der Waals surface area contributed by atoms with Gasteiger partial charge in [0.15, 0.2) is 5.82 Å². The molecule has 2 aromatic heterocycles. The lowest BCUT2D eigenvalue weighted by Crippen LogP contribution is -2.39. The Kier molecular flexibility index (Phi) is 20.3. The van der Waals surface area contributed by atoms with E-state index in [4.69, 9.17) is 52.2 Å². The summed E-state index contributed by atoms with van der Waals surface area (Å²) in [5, 5.41) is 27.0. The SMILES string of the molecule is CCCCCCCCCCCCCCCCCCOC[C@H](COP(=O)(O)OC[C@H]1O[C@@](C)(c2ccc3c(N)ncnn23)[C@H](O)[C@@H]1O)OCc1ccc(Cl)cc1Cl. The molecule has 6 atom stereocenters. The summed E-state index contributed by atoms with van der Waals surface area (Å²) in [5.41, 5.74) is 6.08. The minimum Gasteiger partial charge on any atom is -0.387 e. The van der Waals surface area contributed by atoms with Gasteiger partial charge in [-0.2, -0.15) is 5.10 Å². The lowest BCUT2D eigenvalue weighted by atomic mass is 9.93. The molecule has 1 aromatic carbocycles. The second kappa shape index (κ2) is 24.3. The maximum atomic E-state index is 13.0. The van der Waals surface area contributed by atoms with E-state index in [1.807, 2.05) is 0 Å². The number of phosphoric ester groups is 1. The van der Waals surface area contributed by atoms with E-state index >= 15 is 0 Å². The summed E-state index contributed by atoms with van der Waals surface area (Å²) in [5.74, 6) is 0.227. The fourth-order valence-electron chi connectivity index (χ4n) is 7.00. The van der Waals surface area contributed by atoms with Gasteiger partial charge in [-0.25, -0.2) is 14.1 Å². The number of aromatic nitrogens is 3. The van der Waals surface area contributed by atoms with Gasteiger partial charge in [-0.3, -0.25) is 9.05 Å². The van der Waals surface area contributed by atoms with E-state index in [9.17, 15) is 19.7 Å². The van der Waals surface area contributed by atoms with Gasteiger partial charge in [-0.05, 0) is 43.2 Å². The molecule has 0 radical (unpaired) electrons. The normalized spacial score (nSPS) is 21.5. The Hall–Kier alpha value is -1.87. The standard InChI is InChI=1S/C40H63Cl2N4O9P/c1-3-4-5-6-7-8-9-10-11-12-13-14-15-16-17-18-23-51-26-32(52-25-30-19-20-31(41)24-33(30)42)27-53-56(49,50)54-28-35-37(47)38(48)40(2,55-35)36-22-21-34-39(43)44-29-45-46(34)36/h19-22,24,29,32,35,37-38,47-48H,3-18,23,25-28H2,1-2H3,(H,49,50)(H2,43,44,45)/t32-,35-,37-,38-,40+/m1/s1. The highest BCUT2D eigenvalue weighted by atomic mass is 35.5. The number of nitrogen functional groups attached to an aromatic ring is 1. The van der Waals surface area contributed by atoms with Crippen LogP contribution < -0.4 is 5.73 Å². The van der Waals surface area contributed by atoms with Crippen LogP contribution in [0, 0.1) is 0 Å². The molecule has 5 N–H and O–H groups in total. The monoisotopic (exact) mass is 844 g/mol. The summed E-state index contributed by atoms with van der Waals surface area (Å²) in [6.07, 6.45) is 17.0. The number of aliphatic hydroxyl groups excluding tert-OH is 2. The van der Waals surface area contributed by atoms with E-state index in [1.165, 1.54) is 94.3 Å². The largest absolute Gasteiger partial charge is 0.472 e. The van der Waals surface area contributed by atoms with Crippen molar-refractivity contribution in [3.05, 3.63) is 58.0 Å². The highest BCUT2D eigenvalue weighted by Gasteiger charge is 2.54. The molecule has 1 saturated heterocycles. The lowest BCUT2D eigenvalue weighted by molar-refractivity contribution is -0.0901. The third kappa shape index (κ3) is 14.7. The molecule has 0 saturated carbocycles. The highest BCUT2D eigenvalue weighted by Crippen LogP contribution is 2.46. The molecule has 1 unspecified atom stereocenters. The van der Waals surface area contributed by atoms with Crippen molar-refractivity contribution >= 4 is 42.4 Å². The highest BCUT2D eigenvalue weighted by molar-refractivity contribution is 7.47. The third-order valence-corrected chi connectivity index (χ3v) is 12.0. The number of halogens is 2. The summed E-state index contributed by atoms with van der Waals surface area (Å²) < 4.78 is 43.0. The zero-order valence-electron chi connectivity index (χ0n) is 33.0. The lowest BCUT2D eigenvalue weighted by Gasteiger charge is -2.27. The number of hydrogen-bond acceptors (Lipinski definition) is 11. The number of benzene rings is 1. The number of anilines is 1. The second-order valence-electron chi connectivity index (χ2n) is 15.0. The van der Waals surface area contributed by atoms with Crippen molar-refractivity contribution in [1.29, 1.82) is 0 Å². The number of rotatable bonds is 29. The van der Waals surface area contributed by atoms with Crippen molar-refractivity contribution in [2.45, 2.75) is 153 Å². The second-order valence-corrected chi connectivity index (χ2v) is 17.3. The van der Waals surface area contributed by atoms with Gasteiger partial charge in [0.05, 0.1) is 32.1 Å². The zero-order valence-corrected chi connectivity index (χ0v) is 35.4. The molecule has 3 aromatic rings. The molecule has 316 valence electrons. The van der Waals surface area contributed by atoms with Crippen LogP contribution in [0.4, 0.5) is 5.82 Å². The van der Waals surface area contributed by atoms with E-state index < -0.39 is 44.4 Å². The molecule has 0 aliphatic carbocycles. The van der Waals surface area contributed by atoms with Gasteiger partial charge in [0.1, 0.15) is 41.9 Å². The van der Waals surface area contributed by atoms with Crippen LogP contribution in [-0.4, -0.2) is 80.5 Å². The molecule has 16 heteroatoms. The maximum absolute atomic E-state index is 13.0. The first kappa shape index (κ1) is 46.8. The number of unbranched alkanes of at least 4 members (excludes halogenated alkanes) is 15. The Morgan fingerprint density at radius 2 is 1.54 bits per heavy atom. The number of ether oxygens (including phenoxy) is 3. The fourth-order valence-corrected chi connectivity index (χ4v) is 8.22. The Balaban J connectivity index is 1.16. The van der Waals surface area contributed by atoms with E-state index in [-0.39, 0.29) is 25.6 Å². The summed E-state index contributed by atoms with van der Waals surface area (Å²) in [6.45, 7) is 3.67. The van der Waals surface area contributed by atoms with Gasteiger partial charge >= 0.3 is 7.82 Å². The Morgan fingerprint density at radius 1 is 0.911 bits per heavy atom. The van der Waals surface area contributed by atoms with Crippen LogP contribution in [0.3, 0.4) is 0 Å². The van der Waals surface area contributed by atoms with Crippen molar-refractivity contribution in [2.24, 2.45) is 0 Å². The van der Waals surface area contributed by atoms with Gasteiger partial charge < -0.3 is 35.1 Å². The molecular weight excluding hydrogens is 782 g/mol. The van der Waals surface area contributed by atoms with Crippen molar-refractivity contribution in [3.8, 4) is 0 Å². The van der Waals surface area contributed by atoms with Crippen LogP contribution in [0.15, 0.2) is 36.7 Å². The van der Waals surface area contributed by atoms with E-state index in [0.717, 1.165) is 19.3 Å². The topological polar surface area (TPSA) is 180 Å². The first-order valence-corrected chi connectivity index (χ1v) is 22.6. The molecule has 3 heterocycles. The third-order valence-electron chi connectivity index (χ3n) is 10.4. The average molecular weight is 846 g/mol. The smallest absolute Gasteiger partial charge is 0.387 e. The van der Waals surface area contributed by atoms with Gasteiger partial charge in [-0.15, -0.1) is 0 Å². The summed E-state index contributed by atoms with van der Waals surface area (Å²) in [4.78, 5) is 14.6. The fraction of sp³-hybridized carbons (Fsp3) is 0.700. The van der Waals surface area contributed by atoms with Gasteiger partial charge in [0.2, 0.25) is 0 Å². The average Bonchev–Trinajstić information content (AvgIpc) is 3.71. The molecule has 0 bridgehead atoms. The van der Waals surface area contributed by atoms with Crippen molar-refractivity contribution in [1.82, 2.24) is 14.6 Å². The number of nitrogens with two attached hydrogens (primary N) is 1. The molecule has 1 fully saturated rings. The predicted octanol–water partition coefficient (Wildman–Crippen LogP) is 8.95. The van der Waals surface area contributed by atoms with Crippen LogP contribution in [0.5, 0.6) is 0 Å². The van der Waals surface area contributed by atoms with Crippen LogP contribution >= 0.6 is 31.0 Å². The van der Waals surface area contributed by atoms with Crippen molar-refractivity contribution < 1.29 is 42.9 Å². The molecular formula is C40H63Cl2N4O9P. The van der Waals surface area contributed by atoms with Crippen LogP contribution in [0.1, 0.15) is 128 Å². The van der Waals surface area contributed by atoms with Gasteiger partial charge in [0, 0.05) is 16.7 Å². The van der Waals surface area contributed by atoms with Crippen LogP contribution in [0.25, 0.3) is 5.52 Å². The number of fused-ring (bicyclic) bond motifs is 1. The van der Waals surface area contributed by atoms with E-state index in [2.05, 4.69) is 17.0 Å². The number of aliphatic hydroxyl groups is 2. The number of nitrogens with zero attached hydrogens (tertiary/aromatic N) is 3. The minimum absolute atomic E-state index is 0.0899.